The molecule has 1 radical (unpaired) electrons. The van der Waals surface area contributed by atoms with Gasteiger partial charge in [0.2, 0.25) is 0 Å². The van der Waals surface area contributed by atoms with E-state index in [1.807, 2.05) is 24.3 Å². The maximum atomic E-state index is 10.7. The molecule has 0 aliphatic heterocycles. The molecule has 31 heavy (non-hydrogen) atoms. The third-order valence-corrected chi connectivity index (χ3v) is 3.71. The maximum absolute atomic E-state index is 10.7. The standard InChI is InChI=1S/2C10H7NO2.2CH4O.Co/c2*12-10(13)8-5-1-3-7-4-2-6-11-9(7)8;2*1-2;/h2*1-6H,(H,12,13);2*2H,1H3;/q;;;;+2/p-2. The molecule has 0 bridgehead atoms. The van der Waals surface area contributed by atoms with Gasteiger partial charge in [0, 0.05) is 48.5 Å². The molecule has 2 aromatic heterocycles. The molecule has 0 aliphatic carbocycles. The molecule has 4 rings (SSSR count). The molecular weight excluding hydrogens is 447 g/mol. The van der Waals surface area contributed by atoms with Crippen LogP contribution in [-0.2, 0) is 16.8 Å². The fourth-order valence-electron chi connectivity index (χ4n) is 2.54. The smallest absolute Gasteiger partial charge is 0.545 e. The topological polar surface area (TPSA) is 146 Å². The second-order valence-corrected chi connectivity index (χ2v) is 5.34. The van der Waals surface area contributed by atoms with Crippen LogP contribution in [-0.4, -0.2) is 46.3 Å². The van der Waals surface area contributed by atoms with Gasteiger partial charge < -0.3 is 30.0 Å². The number of carboxylic acids is 2. The van der Waals surface area contributed by atoms with Gasteiger partial charge in [0.15, 0.2) is 0 Å². The number of benzene rings is 2. The predicted octanol–water partition coefficient (Wildman–Crippen LogP) is 0.411. The van der Waals surface area contributed by atoms with Crippen molar-refractivity contribution in [3.8, 4) is 0 Å². The van der Waals surface area contributed by atoms with Crippen LogP contribution in [0.25, 0.3) is 21.8 Å². The first-order chi connectivity index (χ1) is 14.6. The summed E-state index contributed by atoms with van der Waals surface area (Å²) in [5.74, 6) is -2.38. The van der Waals surface area contributed by atoms with E-state index in [4.69, 9.17) is 10.2 Å². The van der Waals surface area contributed by atoms with Gasteiger partial charge in [0.1, 0.15) is 0 Å². The Balaban J connectivity index is 0.000000487. The van der Waals surface area contributed by atoms with Gasteiger partial charge in [0.25, 0.3) is 0 Å². The van der Waals surface area contributed by atoms with Crippen LogP contribution in [0.2, 0.25) is 0 Å². The minimum Gasteiger partial charge on any atom is -0.545 e. The SMILES string of the molecule is CO.CO.O=C([O-])c1cccc2cccnc12.O=C([O-])c1cccc2cccnc12.[Co+2]. The number of fused-ring (bicyclic) bond motifs is 2. The van der Waals surface area contributed by atoms with Gasteiger partial charge in [-0.1, -0.05) is 48.5 Å². The first-order valence-electron chi connectivity index (χ1n) is 8.57. The van der Waals surface area contributed by atoms with Crippen molar-refractivity contribution in [1.29, 1.82) is 0 Å². The number of nitrogens with zero attached hydrogens (tertiary/aromatic N) is 2. The molecule has 2 N–H and O–H groups in total. The van der Waals surface area contributed by atoms with E-state index in [0.717, 1.165) is 25.0 Å². The number of hydrogen-bond acceptors (Lipinski definition) is 8. The van der Waals surface area contributed by atoms with Gasteiger partial charge in [0.05, 0.1) is 23.0 Å². The molecule has 2 aromatic carbocycles. The molecule has 9 heteroatoms. The van der Waals surface area contributed by atoms with E-state index in [1.54, 1.807) is 36.7 Å². The summed E-state index contributed by atoms with van der Waals surface area (Å²) in [7, 11) is 2.00. The first-order valence-corrected chi connectivity index (χ1v) is 8.57. The second kappa shape index (κ2) is 14.6. The van der Waals surface area contributed by atoms with Gasteiger partial charge in [-0.2, -0.15) is 0 Å². The summed E-state index contributed by atoms with van der Waals surface area (Å²) in [4.78, 5) is 29.3. The normalized spacial score (nSPS) is 8.90. The van der Waals surface area contributed by atoms with Crippen molar-refractivity contribution in [2.45, 2.75) is 0 Å². The van der Waals surface area contributed by atoms with Gasteiger partial charge in [-0.05, 0) is 12.1 Å². The van der Waals surface area contributed by atoms with Crippen LogP contribution in [0.3, 0.4) is 0 Å². The molecule has 0 aliphatic rings. The number of aromatic carboxylic acids is 2. The summed E-state index contributed by atoms with van der Waals surface area (Å²) in [6, 6.07) is 17.1. The van der Waals surface area contributed by atoms with Crippen molar-refractivity contribution in [1.82, 2.24) is 9.97 Å². The number of aliphatic hydroxyl groups excluding tert-OH is 2. The zero-order valence-corrected chi connectivity index (χ0v) is 17.7. The molecule has 0 spiro atoms. The Bertz CT molecular complexity index is 1020. The first kappa shape index (κ1) is 27.6. The molecule has 0 amide bonds. The molecule has 0 saturated heterocycles. The minimum absolute atomic E-state index is 0. The van der Waals surface area contributed by atoms with Gasteiger partial charge >= 0.3 is 16.8 Å². The number of aliphatic hydroxyl groups is 2. The van der Waals surface area contributed by atoms with Gasteiger partial charge in [-0.15, -0.1) is 0 Å². The Morgan fingerprint density at radius 2 is 0.968 bits per heavy atom. The van der Waals surface area contributed by atoms with E-state index < -0.39 is 11.9 Å². The predicted molar refractivity (Wildman–Crippen MR) is 108 cm³/mol. The summed E-state index contributed by atoms with van der Waals surface area (Å²) < 4.78 is 0. The van der Waals surface area contributed by atoms with E-state index in [9.17, 15) is 19.8 Å². The quantitative estimate of drug-likeness (QED) is 0.431. The second-order valence-electron chi connectivity index (χ2n) is 5.34. The Labute approximate surface area is 189 Å². The Kier molecular flexibility index (Phi) is 13.0. The van der Waals surface area contributed by atoms with E-state index in [-0.39, 0.29) is 27.9 Å². The molecule has 8 nitrogen and oxygen atoms in total. The summed E-state index contributed by atoms with van der Waals surface area (Å²) in [5, 5.41) is 36.9. The monoisotopic (exact) mass is 467 g/mol. The third kappa shape index (κ3) is 7.43. The van der Waals surface area contributed by atoms with Crippen LogP contribution in [0, 0.1) is 0 Å². The summed E-state index contributed by atoms with van der Waals surface area (Å²) in [6.07, 6.45) is 3.13. The van der Waals surface area contributed by atoms with Gasteiger partial charge in [-0.25, -0.2) is 0 Å². The van der Waals surface area contributed by atoms with Crippen molar-refractivity contribution in [2.24, 2.45) is 0 Å². The molecule has 163 valence electrons. The van der Waals surface area contributed by atoms with E-state index in [1.165, 1.54) is 12.1 Å². The van der Waals surface area contributed by atoms with Crippen molar-refractivity contribution in [2.75, 3.05) is 14.2 Å². The fraction of sp³-hybridized carbons (Fsp3) is 0.0909. The average molecular weight is 467 g/mol. The van der Waals surface area contributed by atoms with Crippen LogP contribution in [0.5, 0.6) is 0 Å². The minimum atomic E-state index is -1.19. The summed E-state index contributed by atoms with van der Waals surface area (Å²) >= 11 is 0. The van der Waals surface area contributed by atoms with E-state index >= 15 is 0 Å². The number of para-hydroxylation sites is 2. The number of rotatable bonds is 2. The largest absolute Gasteiger partial charge is 2.00 e. The number of pyridine rings is 2. The number of aromatic nitrogens is 2. The van der Waals surface area contributed by atoms with Crippen LogP contribution in [0.15, 0.2) is 73.1 Å². The van der Waals surface area contributed by atoms with Gasteiger partial charge in [-0.3, -0.25) is 9.97 Å². The number of carbonyl (C=O) groups is 2. The zero-order chi connectivity index (χ0) is 22.5. The van der Waals surface area contributed by atoms with Crippen molar-refractivity contribution < 1.29 is 46.8 Å². The molecule has 0 unspecified atom stereocenters. The molecular formula is C22H20CoN2O6. The van der Waals surface area contributed by atoms with Crippen LogP contribution in [0.4, 0.5) is 0 Å². The molecule has 0 saturated carbocycles. The summed E-state index contributed by atoms with van der Waals surface area (Å²) in [6.45, 7) is 0. The molecule has 4 aromatic rings. The third-order valence-electron chi connectivity index (χ3n) is 3.71. The molecule has 2 heterocycles. The fourth-order valence-corrected chi connectivity index (χ4v) is 2.54. The number of hydrogen-bond donors (Lipinski definition) is 2. The van der Waals surface area contributed by atoms with E-state index in [2.05, 4.69) is 9.97 Å². The van der Waals surface area contributed by atoms with Crippen LogP contribution >= 0.6 is 0 Å². The molecule has 0 fully saturated rings. The van der Waals surface area contributed by atoms with Crippen LogP contribution in [0.1, 0.15) is 20.7 Å². The Hall–Kier alpha value is -3.37. The number of carboxylic acid groups (broad SMARTS) is 2. The number of carbonyl (C=O) groups excluding carboxylic acids is 2. The zero-order valence-electron chi connectivity index (χ0n) is 16.7. The van der Waals surface area contributed by atoms with Crippen LogP contribution < -0.4 is 10.2 Å². The van der Waals surface area contributed by atoms with Crippen molar-refractivity contribution >= 4 is 33.7 Å². The average Bonchev–Trinajstić information content (AvgIpc) is 2.81. The summed E-state index contributed by atoms with van der Waals surface area (Å²) in [5.41, 5.74) is 1.23. The Morgan fingerprint density at radius 1 is 0.645 bits per heavy atom. The maximum Gasteiger partial charge on any atom is 2.00 e. The van der Waals surface area contributed by atoms with E-state index in [0.29, 0.717) is 11.0 Å². The molecule has 0 atom stereocenters. The van der Waals surface area contributed by atoms with Crippen molar-refractivity contribution in [3.05, 3.63) is 84.2 Å². The van der Waals surface area contributed by atoms with Crippen molar-refractivity contribution in [3.63, 3.8) is 0 Å². The Morgan fingerprint density at radius 3 is 1.29 bits per heavy atom.